The first-order valence-electron chi connectivity index (χ1n) is 13.0. The first-order chi connectivity index (χ1) is 19.1. The maximum absolute atomic E-state index is 13.5. The molecule has 0 radical (unpaired) electrons. The van der Waals surface area contributed by atoms with Crippen molar-refractivity contribution in [2.24, 2.45) is 0 Å². The first kappa shape index (κ1) is 26.7. The average molecular weight is 589 g/mol. The van der Waals surface area contributed by atoms with Gasteiger partial charge in [0, 0.05) is 55.6 Å². The Morgan fingerprint density at radius 3 is 2.55 bits per heavy atom. The fraction of sp³-hybridized carbons (Fsp3) is 0.444. The van der Waals surface area contributed by atoms with E-state index in [1.54, 1.807) is 12.1 Å². The summed E-state index contributed by atoms with van der Waals surface area (Å²) in [5.41, 5.74) is 0.863. The highest BCUT2D eigenvalue weighted by Gasteiger charge is 2.51. The van der Waals surface area contributed by atoms with Crippen molar-refractivity contribution >= 4 is 46.0 Å². The minimum Gasteiger partial charge on any atom is -0.454 e. The molecular weight excluding hydrogens is 560 g/mol. The van der Waals surface area contributed by atoms with Gasteiger partial charge in [-0.3, -0.25) is 13.8 Å². The van der Waals surface area contributed by atoms with Crippen LogP contribution in [0.15, 0.2) is 41.3 Å². The molecule has 4 aliphatic heterocycles. The highest BCUT2D eigenvalue weighted by molar-refractivity contribution is 7.85. The van der Waals surface area contributed by atoms with Gasteiger partial charge in [-0.25, -0.2) is 4.79 Å². The number of fused-ring (bicyclic) bond motifs is 1. The third-order valence-electron chi connectivity index (χ3n) is 8.08. The molecule has 1 spiro atoms. The summed E-state index contributed by atoms with van der Waals surface area (Å²) in [7, 11) is -1.69. The zero-order valence-electron chi connectivity index (χ0n) is 22.1. The van der Waals surface area contributed by atoms with E-state index in [9.17, 15) is 18.6 Å². The molecule has 13 heteroatoms. The molecule has 2 aromatic rings. The van der Waals surface area contributed by atoms with Crippen molar-refractivity contribution in [3.8, 4) is 11.5 Å². The SMILES string of the molecule is C[C@H]1[C@H](C)N(c2ccc3c(c2)OCO3)CCN1C(=O)c1ccc(S(=O)CC(=O)N2CC3(COC(=O)N3)C2)c(Cl)c1. The van der Waals surface area contributed by atoms with Gasteiger partial charge in [0.25, 0.3) is 5.91 Å². The number of hydrogen-bond acceptors (Lipinski definition) is 8. The van der Waals surface area contributed by atoms with Crippen LogP contribution in [-0.4, -0.2) is 94.9 Å². The van der Waals surface area contributed by atoms with Crippen LogP contribution in [0.3, 0.4) is 0 Å². The molecule has 1 N–H and O–H groups in total. The van der Waals surface area contributed by atoms with Crippen molar-refractivity contribution < 1.29 is 32.8 Å². The van der Waals surface area contributed by atoms with E-state index >= 15 is 0 Å². The highest BCUT2D eigenvalue weighted by Crippen LogP contribution is 2.37. The van der Waals surface area contributed by atoms with Gasteiger partial charge in [-0.05, 0) is 44.2 Å². The Morgan fingerprint density at radius 1 is 1.05 bits per heavy atom. The second-order valence-electron chi connectivity index (χ2n) is 10.6. The van der Waals surface area contributed by atoms with Crippen LogP contribution in [0.2, 0.25) is 5.02 Å². The maximum atomic E-state index is 13.5. The lowest BCUT2D eigenvalue weighted by Gasteiger charge is -2.46. The molecule has 3 amide bonds. The van der Waals surface area contributed by atoms with Gasteiger partial charge in [-0.15, -0.1) is 0 Å². The lowest BCUT2D eigenvalue weighted by Crippen LogP contribution is -2.70. The summed E-state index contributed by atoms with van der Waals surface area (Å²) in [4.78, 5) is 43.3. The molecule has 0 bridgehead atoms. The van der Waals surface area contributed by atoms with Crippen molar-refractivity contribution in [1.29, 1.82) is 0 Å². The van der Waals surface area contributed by atoms with Gasteiger partial charge in [-0.1, -0.05) is 11.6 Å². The van der Waals surface area contributed by atoms with E-state index in [1.165, 1.54) is 11.0 Å². The maximum Gasteiger partial charge on any atom is 0.407 e. The highest BCUT2D eigenvalue weighted by atomic mass is 35.5. The molecule has 11 nitrogen and oxygen atoms in total. The largest absolute Gasteiger partial charge is 0.454 e. The number of anilines is 1. The number of halogens is 1. The first-order valence-corrected chi connectivity index (χ1v) is 14.7. The Morgan fingerprint density at radius 2 is 1.82 bits per heavy atom. The van der Waals surface area contributed by atoms with Gasteiger partial charge in [0.2, 0.25) is 12.7 Å². The van der Waals surface area contributed by atoms with E-state index in [0.29, 0.717) is 36.6 Å². The minimum atomic E-state index is -1.69. The lowest BCUT2D eigenvalue weighted by molar-refractivity contribution is -0.136. The molecule has 0 aromatic heterocycles. The number of nitrogens with zero attached hydrogens (tertiary/aromatic N) is 3. The van der Waals surface area contributed by atoms with Gasteiger partial charge < -0.3 is 34.2 Å². The molecule has 40 heavy (non-hydrogen) atoms. The number of benzene rings is 2. The van der Waals surface area contributed by atoms with Gasteiger partial charge in [-0.2, -0.15) is 0 Å². The number of cyclic esters (lactones) is 1. The van der Waals surface area contributed by atoms with Gasteiger partial charge in [0.15, 0.2) is 11.5 Å². The number of amides is 3. The van der Waals surface area contributed by atoms with Crippen LogP contribution in [0.5, 0.6) is 11.5 Å². The lowest BCUT2D eigenvalue weighted by atomic mass is 9.92. The minimum absolute atomic E-state index is 0.0380. The molecule has 2 aromatic carbocycles. The molecular formula is C27H29ClN4O7S. The fourth-order valence-corrected chi connectivity index (χ4v) is 7.14. The molecule has 4 aliphatic rings. The number of likely N-dealkylation sites (tertiary alicyclic amines) is 1. The van der Waals surface area contributed by atoms with E-state index in [2.05, 4.69) is 17.1 Å². The second-order valence-corrected chi connectivity index (χ2v) is 12.4. The van der Waals surface area contributed by atoms with Crippen LogP contribution in [0.25, 0.3) is 0 Å². The molecule has 6 rings (SSSR count). The average Bonchev–Trinajstić information content (AvgIpc) is 3.55. The number of rotatable bonds is 5. The van der Waals surface area contributed by atoms with Crippen LogP contribution in [-0.2, 0) is 20.3 Å². The normalized spacial score (nSPS) is 23.5. The summed E-state index contributed by atoms with van der Waals surface area (Å²) in [5, 5.41) is 2.89. The Kier molecular flexibility index (Phi) is 6.78. The Hall–Kier alpha value is -3.51. The zero-order valence-corrected chi connectivity index (χ0v) is 23.6. The molecule has 0 aliphatic carbocycles. The number of hydrogen-bond donors (Lipinski definition) is 1. The monoisotopic (exact) mass is 588 g/mol. The molecule has 3 fully saturated rings. The van der Waals surface area contributed by atoms with Crippen molar-refractivity contribution in [2.45, 2.75) is 36.4 Å². The molecule has 3 atom stereocenters. The third kappa shape index (κ3) is 4.72. The second kappa shape index (κ2) is 10.2. The Labute approximate surface area is 238 Å². The van der Waals surface area contributed by atoms with Crippen LogP contribution in [0.1, 0.15) is 24.2 Å². The smallest absolute Gasteiger partial charge is 0.407 e. The number of nitrogens with one attached hydrogen (secondary N) is 1. The topological polar surface area (TPSA) is 118 Å². The van der Waals surface area contributed by atoms with Crippen molar-refractivity contribution in [2.75, 3.05) is 50.2 Å². The summed E-state index contributed by atoms with van der Waals surface area (Å²) < 4.78 is 28.8. The van der Waals surface area contributed by atoms with E-state index in [4.69, 9.17) is 25.8 Å². The van der Waals surface area contributed by atoms with Crippen molar-refractivity contribution in [3.63, 3.8) is 0 Å². The molecule has 212 valence electrons. The Bertz CT molecular complexity index is 1420. The van der Waals surface area contributed by atoms with Gasteiger partial charge in [0.1, 0.15) is 17.9 Å². The predicted molar refractivity (Wildman–Crippen MR) is 146 cm³/mol. The quantitative estimate of drug-likeness (QED) is 0.565. The summed E-state index contributed by atoms with van der Waals surface area (Å²) in [6.07, 6.45) is -0.493. The van der Waals surface area contributed by atoms with E-state index in [0.717, 1.165) is 17.2 Å². The van der Waals surface area contributed by atoms with Gasteiger partial charge in [0.05, 0.1) is 20.7 Å². The third-order valence-corrected chi connectivity index (χ3v) is 9.86. The van der Waals surface area contributed by atoms with Crippen LogP contribution in [0, 0.1) is 0 Å². The predicted octanol–water partition coefficient (Wildman–Crippen LogP) is 2.24. The van der Waals surface area contributed by atoms with Crippen molar-refractivity contribution in [3.05, 3.63) is 47.0 Å². The Balaban J connectivity index is 1.08. The van der Waals surface area contributed by atoms with Crippen molar-refractivity contribution in [1.82, 2.24) is 15.1 Å². The van der Waals surface area contributed by atoms with Crippen LogP contribution >= 0.6 is 11.6 Å². The fourth-order valence-electron chi connectivity index (χ4n) is 5.65. The molecule has 3 saturated heterocycles. The molecule has 0 saturated carbocycles. The summed E-state index contributed by atoms with van der Waals surface area (Å²) in [6, 6.07) is 10.5. The van der Waals surface area contributed by atoms with Gasteiger partial charge >= 0.3 is 6.09 Å². The summed E-state index contributed by atoms with van der Waals surface area (Å²) >= 11 is 6.46. The zero-order chi connectivity index (χ0) is 28.2. The summed E-state index contributed by atoms with van der Waals surface area (Å²) in [5.74, 6) is 0.743. The van der Waals surface area contributed by atoms with E-state index in [-0.39, 0.29) is 48.1 Å². The van der Waals surface area contributed by atoms with E-state index in [1.807, 2.05) is 30.0 Å². The number of piperazine rings is 1. The van der Waals surface area contributed by atoms with Crippen LogP contribution in [0.4, 0.5) is 10.5 Å². The molecule has 1 unspecified atom stereocenters. The summed E-state index contributed by atoms with van der Waals surface area (Å²) in [6.45, 7) is 6.31. The van der Waals surface area contributed by atoms with E-state index < -0.39 is 22.4 Å². The number of ether oxygens (including phenoxy) is 3. The standard InChI is InChI=1S/C27H29ClN4O7S/c1-16-17(2)32(8-7-31(16)19-4-5-21-22(10-19)39-15-38-21)25(34)18-3-6-23(20(28)9-18)40(36)11-24(33)30-12-27(13-30)14-37-26(35)29-27/h3-6,9-10,16-17H,7-8,11-15H2,1-2H3,(H,29,35)/t16-,17-,40?/m0/s1. The van der Waals surface area contributed by atoms with Crippen LogP contribution < -0.4 is 19.7 Å². The number of alkyl carbamates (subject to hydrolysis) is 1. The molecule has 4 heterocycles. The number of carbonyl (C=O) groups excluding carboxylic acids is 3. The number of carbonyl (C=O) groups is 3.